The summed E-state index contributed by atoms with van der Waals surface area (Å²) in [5, 5.41) is 12.1. The van der Waals surface area contributed by atoms with Crippen LogP contribution in [0.3, 0.4) is 0 Å². The summed E-state index contributed by atoms with van der Waals surface area (Å²) in [4.78, 5) is 4.25. The zero-order valence-corrected chi connectivity index (χ0v) is 9.13. The Kier molecular flexibility index (Phi) is 3.41. The number of nitrogens with zero attached hydrogens (tertiary/aromatic N) is 1. The Morgan fingerprint density at radius 1 is 1.38 bits per heavy atom. The first-order valence-electron chi connectivity index (χ1n) is 5.54. The van der Waals surface area contributed by atoms with Crippen molar-refractivity contribution in [1.29, 1.82) is 0 Å². The number of rotatable bonds is 3. The predicted molar refractivity (Wildman–Crippen MR) is 65.3 cm³/mol. The third-order valence-electron chi connectivity index (χ3n) is 2.78. The van der Waals surface area contributed by atoms with E-state index in [4.69, 9.17) is 10.8 Å². The molecule has 0 heterocycles. The lowest BCUT2D eigenvalue weighted by Gasteiger charge is -2.29. The van der Waals surface area contributed by atoms with Gasteiger partial charge in [-0.1, -0.05) is 18.2 Å². The molecular weight excluding hydrogens is 202 g/mol. The number of hydrogen-bond acceptors (Lipinski definition) is 2. The zero-order valence-electron chi connectivity index (χ0n) is 9.13. The van der Waals surface area contributed by atoms with Crippen LogP contribution in [0.15, 0.2) is 35.3 Å². The second-order valence-corrected chi connectivity index (χ2v) is 4.21. The monoisotopic (exact) mass is 219 g/mol. The minimum atomic E-state index is -0.122. The summed E-state index contributed by atoms with van der Waals surface area (Å²) in [7, 11) is 0. The smallest absolute Gasteiger partial charge is 0.193 e. The van der Waals surface area contributed by atoms with Crippen molar-refractivity contribution in [3.05, 3.63) is 30.3 Å². The van der Waals surface area contributed by atoms with E-state index in [9.17, 15) is 0 Å². The van der Waals surface area contributed by atoms with E-state index in [1.54, 1.807) is 0 Å². The predicted octanol–water partition coefficient (Wildman–Crippen LogP) is 1.18. The van der Waals surface area contributed by atoms with Crippen molar-refractivity contribution in [3.63, 3.8) is 0 Å². The molecule has 0 spiro atoms. The van der Waals surface area contributed by atoms with E-state index >= 15 is 0 Å². The summed E-state index contributed by atoms with van der Waals surface area (Å²) in [6.45, 7) is 0.697. The lowest BCUT2D eigenvalue weighted by Crippen LogP contribution is -2.32. The molecule has 1 saturated carbocycles. The molecule has 16 heavy (non-hydrogen) atoms. The third kappa shape index (κ3) is 2.97. The molecule has 0 amide bonds. The Balaban J connectivity index is 1.79. The molecule has 1 fully saturated rings. The van der Waals surface area contributed by atoms with Gasteiger partial charge in [-0.25, -0.2) is 0 Å². The van der Waals surface area contributed by atoms with Crippen molar-refractivity contribution in [2.75, 3.05) is 11.9 Å². The van der Waals surface area contributed by atoms with Crippen LogP contribution in [0.5, 0.6) is 0 Å². The van der Waals surface area contributed by atoms with Crippen LogP contribution in [0, 0.1) is 5.92 Å². The molecule has 0 aromatic heterocycles. The van der Waals surface area contributed by atoms with Crippen molar-refractivity contribution < 1.29 is 5.11 Å². The average Bonchev–Trinajstić information content (AvgIpc) is 2.24. The number of aliphatic hydroxyl groups is 1. The van der Waals surface area contributed by atoms with Gasteiger partial charge in [0.2, 0.25) is 0 Å². The number of nitrogens with two attached hydrogens (primary N) is 1. The number of aliphatic hydroxyl groups excluding tert-OH is 1. The van der Waals surface area contributed by atoms with Crippen LogP contribution in [0.1, 0.15) is 12.8 Å². The van der Waals surface area contributed by atoms with E-state index in [1.807, 2.05) is 30.3 Å². The summed E-state index contributed by atoms with van der Waals surface area (Å²) < 4.78 is 0. The highest BCUT2D eigenvalue weighted by molar-refractivity contribution is 5.92. The Bertz CT molecular complexity index is 358. The SMILES string of the molecule is NC(=NCC1CC(O)C1)Nc1ccccc1. The molecular formula is C12H17N3O. The van der Waals surface area contributed by atoms with E-state index < -0.39 is 0 Å². The number of guanidine groups is 1. The fourth-order valence-corrected chi connectivity index (χ4v) is 1.79. The molecule has 1 aliphatic carbocycles. The van der Waals surface area contributed by atoms with E-state index in [0.29, 0.717) is 18.4 Å². The fourth-order valence-electron chi connectivity index (χ4n) is 1.79. The molecule has 0 atom stereocenters. The van der Waals surface area contributed by atoms with Crippen LogP contribution >= 0.6 is 0 Å². The third-order valence-corrected chi connectivity index (χ3v) is 2.78. The van der Waals surface area contributed by atoms with Crippen LogP contribution in [0.2, 0.25) is 0 Å². The first-order chi connectivity index (χ1) is 7.74. The van der Waals surface area contributed by atoms with E-state index in [2.05, 4.69) is 10.3 Å². The van der Waals surface area contributed by atoms with Gasteiger partial charge in [0.25, 0.3) is 0 Å². The standard InChI is InChI=1S/C12H17N3O/c13-12(14-8-9-6-11(16)7-9)15-10-4-2-1-3-5-10/h1-5,9,11,16H,6-8H2,(H3,13,14,15). The molecule has 4 N–H and O–H groups in total. The van der Waals surface area contributed by atoms with Gasteiger partial charge in [-0.3, -0.25) is 4.99 Å². The van der Waals surface area contributed by atoms with Crippen LogP contribution in [0.25, 0.3) is 0 Å². The molecule has 0 bridgehead atoms. The minimum absolute atomic E-state index is 0.122. The summed E-state index contributed by atoms with van der Waals surface area (Å²) in [5.74, 6) is 0.929. The van der Waals surface area contributed by atoms with Crippen LogP contribution < -0.4 is 11.1 Å². The van der Waals surface area contributed by atoms with Crippen molar-refractivity contribution in [3.8, 4) is 0 Å². The summed E-state index contributed by atoms with van der Waals surface area (Å²) in [5.41, 5.74) is 6.69. The van der Waals surface area contributed by atoms with E-state index in [0.717, 1.165) is 18.5 Å². The number of aliphatic imine (C=N–C) groups is 1. The van der Waals surface area contributed by atoms with E-state index in [-0.39, 0.29) is 6.10 Å². The number of hydrogen-bond donors (Lipinski definition) is 3. The topological polar surface area (TPSA) is 70.6 Å². The van der Waals surface area contributed by atoms with Gasteiger partial charge in [-0.05, 0) is 30.9 Å². The molecule has 0 radical (unpaired) electrons. The number of anilines is 1. The lowest BCUT2D eigenvalue weighted by atomic mass is 9.83. The minimum Gasteiger partial charge on any atom is -0.393 e. The Morgan fingerprint density at radius 2 is 2.06 bits per heavy atom. The summed E-state index contributed by atoms with van der Waals surface area (Å²) in [6.07, 6.45) is 1.58. The number of nitrogens with one attached hydrogen (secondary N) is 1. The first-order valence-corrected chi connectivity index (χ1v) is 5.54. The van der Waals surface area contributed by atoms with Crippen molar-refractivity contribution in [2.24, 2.45) is 16.6 Å². The van der Waals surface area contributed by atoms with Crippen LogP contribution in [0.4, 0.5) is 5.69 Å². The van der Waals surface area contributed by atoms with Gasteiger partial charge < -0.3 is 16.2 Å². The summed E-state index contributed by atoms with van der Waals surface area (Å²) in [6, 6.07) is 9.72. The van der Waals surface area contributed by atoms with Gasteiger partial charge in [0.1, 0.15) is 0 Å². The van der Waals surface area contributed by atoms with Crippen LogP contribution in [-0.4, -0.2) is 23.7 Å². The molecule has 1 aromatic rings. The highest BCUT2D eigenvalue weighted by Gasteiger charge is 2.26. The second kappa shape index (κ2) is 4.99. The van der Waals surface area contributed by atoms with Gasteiger partial charge in [0.15, 0.2) is 5.96 Å². The molecule has 1 aromatic carbocycles. The largest absolute Gasteiger partial charge is 0.393 e. The van der Waals surface area contributed by atoms with Gasteiger partial charge >= 0.3 is 0 Å². The van der Waals surface area contributed by atoms with Gasteiger partial charge in [0, 0.05) is 12.2 Å². The van der Waals surface area contributed by atoms with Gasteiger partial charge in [-0.2, -0.15) is 0 Å². The Morgan fingerprint density at radius 3 is 2.69 bits per heavy atom. The van der Waals surface area contributed by atoms with Gasteiger partial charge in [-0.15, -0.1) is 0 Å². The van der Waals surface area contributed by atoms with Crippen molar-refractivity contribution in [2.45, 2.75) is 18.9 Å². The molecule has 1 aliphatic rings. The molecule has 0 aliphatic heterocycles. The molecule has 0 unspecified atom stereocenters. The highest BCUT2D eigenvalue weighted by Crippen LogP contribution is 2.27. The van der Waals surface area contributed by atoms with E-state index in [1.165, 1.54) is 0 Å². The number of benzene rings is 1. The lowest BCUT2D eigenvalue weighted by molar-refractivity contribution is 0.0471. The highest BCUT2D eigenvalue weighted by atomic mass is 16.3. The average molecular weight is 219 g/mol. The molecule has 2 rings (SSSR count). The molecule has 0 saturated heterocycles. The zero-order chi connectivity index (χ0) is 11.4. The van der Waals surface area contributed by atoms with Crippen molar-refractivity contribution in [1.82, 2.24) is 0 Å². The maximum Gasteiger partial charge on any atom is 0.193 e. The number of para-hydroxylation sites is 1. The molecule has 86 valence electrons. The molecule has 4 nitrogen and oxygen atoms in total. The normalized spacial score (nSPS) is 24.9. The first kappa shape index (κ1) is 11.0. The maximum absolute atomic E-state index is 9.12. The van der Waals surface area contributed by atoms with Crippen LogP contribution in [-0.2, 0) is 0 Å². The Labute approximate surface area is 95.2 Å². The second-order valence-electron chi connectivity index (χ2n) is 4.21. The summed E-state index contributed by atoms with van der Waals surface area (Å²) >= 11 is 0. The fraction of sp³-hybridized carbons (Fsp3) is 0.417. The van der Waals surface area contributed by atoms with Crippen molar-refractivity contribution >= 4 is 11.6 Å². The molecule has 4 heteroatoms. The maximum atomic E-state index is 9.12. The Hall–Kier alpha value is -1.55. The van der Waals surface area contributed by atoms with Gasteiger partial charge in [0.05, 0.1) is 6.10 Å². The quantitative estimate of drug-likeness (QED) is 0.528.